The highest BCUT2D eigenvalue weighted by Gasteiger charge is 2.25. The molecule has 6 heteroatoms. The number of hydrogen-bond donors (Lipinski definition) is 0. The Morgan fingerprint density at radius 3 is 2.59 bits per heavy atom. The highest BCUT2D eigenvalue weighted by Crippen LogP contribution is 2.27. The maximum absolute atomic E-state index is 11.5. The van der Waals surface area contributed by atoms with E-state index >= 15 is 0 Å². The quantitative estimate of drug-likeness (QED) is 0.767. The molecule has 0 saturated heterocycles. The molecule has 0 aliphatic carbocycles. The molecular weight excluding hydrogens is 240 g/mol. The zero-order chi connectivity index (χ0) is 12.7. The molecule has 0 atom stereocenters. The predicted molar refractivity (Wildman–Crippen MR) is 64.0 cm³/mol. The fourth-order valence-electron chi connectivity index (χ4n) is 1.61. The van der Waals surface area contributed by atoms with Crippen molar-refractivity contribution in [2.75, 3.05) is 5.75 Å². The molecular formula is C11H16N2O3S. The van der Waals surface area contributed by atoms with E-state index in [0.29, 0.717) is 30.1 Å². The van der Waals surface area contributed by atoms with E-state index in [1.54, 1.807) is 0 Å². The van der Waals surface area contributed by atoms with Crippen molar-refractivity contribution in [1.29, 1.82) is 0 Å². The van der Waals surface area contributed by atoms with Crippen molar-refractivity contribution in [2.45, 2.75) is 39.0 Å². The Kier molecular flexibility index (Phi) is 2.85. The van der Waals surface area contributed by atoms with Gasteiger partial charge in [0.1, 0.15) is 0 Å². The first-order chi connectivity index (χ1) is 7.78. The summed E-state index contributed by atoms with van der Waals surface area (Å²) in [6.07, 6.45) is 1.28. The monoisotopic (exact) mass is 256 g/mol. The lowest BCUT2D eigenvalue weighted by molar-refractivity contribution is 0.384. The Hall–Kier alpha value is -1.17. The van der Waals surface area contributed by atoms with E-state index in [0.717, 1.165) is 0 Å². The summed E-state index contributed by atoms with van der Waals surface area (Å²) in [7, 11) is -3.10. The van der Waals surface area contributed by atoms with Crippen molar-refractivity contribution in [3.63, 3.8) is 0 Å². The largest absolute Gasteiger partial charge is 0.334 e. The molecule has 1 aromatic heterocycles. The molecule has 1 aliphatic rings. The van der Waals surface area contributed by atoms with E-state index < -0.39 is 9.84 Å². The molecule has 0 aromatic carbocycles. The van der Waals surface area contributed by atoms with E-state index in [-0.39, 0.29) is 11.2 Å². The molecule has 1 aromatic rings. The average molecular weight is 256 g/mol. The van der Waals surface area contributed by atoms with Crippen molar-refractivity contribution in [3.8, 4) is 0 Å². The molecule has 2 heterocycles. The molecule has 1 aliphatic heterocycles. The molecule has 5 nitrogen and oxygen atoms in total. The van der Waals surface area contributed by atoms with Crippen LogP contribution >= 0.6 is 0 Å². The predicted octanol–water partition coefficient (Wildman–Crippen LogP) is 1.92. The second-order valence-electron chi connectivity index (χ2n) is 5.29. The average Bonchev–Trinajstić information content (AvgIpc) is 2.63. The zero-order valence-corrected chi connectivity index (χ0v) is 11.0. The standard InChI is InChI=1S/C11H16N2O3S/c1-11(2,3)10-12-9(16-13-10)8-5-4-6-17(14,15)7-8/h7H,4-6H2,1-3H3. The summed E-state index contributed by atoms with van der Waals surface area (Å²) >= 11 is 0. The third-order valence-electron chi connectivity index (χ3n) is 2.57. The normalized spacial score (nSPS) is 20.1. The van der Waals surface area contributed by atoms with E-state index in [2.05, 4.69) is 10.1 Å². The van der Waals surface area contributed by atoms with Gasteiger partial charge in [0.25, 0.3) is 5.89 Å². The number of allylic oxidation sites excluding steroid dienone is 1. The van der Waals surface area contributed by atoms with Crippen molar-refractivity contribution < 1.29 is 12.9 Å². The highest BCUT2D eigenvalue weighted by atomic mass is 32.2. The Bertz CT molecular complexity index is 550. The zero-order valence-electron chi connectivity index (χ0n) is 10.2. The van der Waals surface area contributed by atoms with Crippen LogP contribution in [0.3, 0.4) is 0 Å². The SMILES string of the molecule is CC(C)(C)c1noc(C2=CS(=O)(=O)CCC2)n1. The van der Waals surface area contributed by atoms with Gasteiger partial charge in [-0.1, -0.05) is 25.9 Å². The first kappa shape index (κ1) is 12.3. The van der Waals surface area contributed by atoms with Crippen LogP contribution in [-0.2, 0) is 15.3 Å². The van der Waals surface area contributed by atoms with Gasteiger partial charge in [0.2, 0.25) is 0 Å². The molecule has 94 valence electrons. The van der Waals surface area contributed by atoms with Crippen LogP contribution in [0.25, 0.3) is 5.57 Å². The maximum atomic E-state index is 11.5. The summed E-state index contributed by atoms with van der Waals surface area (Å²) in [5.41, 5.74) is 0.426. The summed E-state index contributed by atoms with van der Waals surface area (Å²) in [5.74, 6) is 1.13. The number of rotatable bonds is 1. The van der Waals surface area contributed by atoms with E-state index in [4.69, 9.17) is 4.52 Å². The molecule has 0 spiro atoms. The van der Waals surface area contributed by atoms with Crippen LogP contribution in [0.1, 0.15) is 45.3 Å². The van der Waals surface area contributed by atoms with Gasteiger partial charge in [0, 0.05) is 16.4 Å². The van der Waals surface area contributed by atoms with Gasteiger partial charge in [-0.15, -0.1) is 0 Å². The molecule has 2 rings (SSSR count). The van der Waals surface area contributed by atoms with Crippen LogP contribution in [0.4, 0.5) is 0 Å². The number of aromatic nitrogens is 2. The Balaban J connectivity index is 2.36. The summed E-state index contributed by atoms with van der Waals surface area (Å²) < 4.78 is 28.1. The van der Waals surface area contributed by atoms with Gasteiger partial charge in [0.05, 0.1) is 5.75 Å². The van der Waals surface area contributed by atoms with E-state index in [1.165, 1.54) is 5.41 Å². The fraction of sp³-hybridized carbons (Fsp3) is 0.636. The van der Waals surface area contributed by atoms with E-state index in [1.807, 2.05) is 20.8 Å². The lowest BCUT2D eigenvalue weighted by Gasteiger charge is -2.11. The van der Waals surface area contributed by atoms with Crippen LogP contribution in [0.2, 0.25) is 0 Å². The van der Waals surface area contributed by atoms with Crippen molar-refractivity contribution in [1.82, 2.24) is 10.1 Å². The van der Waals surface area contributed by atoms with Gasteiger partial charge < -0.3 is 4.52 Å². The van der Waals surface area contributed by atoms with Crippen LogP contribution in [0.5, 0.6) is 0 Å². The molecule has 0 N–H and O–H groups in total. The topological polar surface area (TPSA) is 73.1 Å². The third kappa shape index (κ3) is 2.74. The summed E-state index contributed by atoms with van der Waals surface area (Å²) in [5, 5.41) is 5.15. The smallest absolute Gasteiger partial charge is 0.254 e. The minimum atomic E-state index is -3.10. The van der Waals surface area contributed by atoms with Crippen molar-refractivity contribution in [3.05, 3.63) is 17.1 Å². The molecule has 0 radical (unpaired) electrons. The van der Waals surface area contributed by atoms with Gasteiger partial charge in [-0.3, -0.25) is 0 Å². The summed E-state index contributed by atoms with van der Waals surface area (Å²) in [4.78, 5) is 4.26. The van der Waals surface area contributed by atoms with Gasteiger partial charge in [-0.25, -0.2) is 8.42 Å². The molecule has 0 saturated carbocycles. The molecule has 0 bridgehead atoms. The minimum absolute atomic E-state index is 0.199. The third-order valence-corrected chi connectivity index (χ3v) is 4.07. The number of hydrogen-bond acceptors (Lipinski definition) is 5. The lowest BCUT2D eigenvalue weighted by Crippen LogP contribution is -2.13. The second kappa shape index (κ2) is 3.94. The van der Waals surface area contributed by atoms with Gasteiger partial charge in [-0.05, 0) is 12.8 Å². The van der Waals surface area contributed by atoms with Crippen LogP contribution in [0.15, 0.2) is 9.93 Å². The Labute approximate surface area is 101 Å². The summed E-state index contributed by atoms with van der Waals surface area (Å²) in [6, 6.07) is 0. The fourth-order valence-corrected chi connectivity index (χ4v) is 2.93. The number of nitrogens with zero attached hydrogens (tertiary/aromatic N) is 2. The van der Waals surface area contributed by atoms with Gasteiger partial charge >= 0.3 is 0 Å². The van der Waals surface area contributed by atoms with Crippen LogP contribution < -0.4 is 0 Å². The van der Waals surface area contributed by atoms with E-state index in [9.17, 15) is 8.42 Å². The minimum Gasteiger partial charge on any atom is -0.334 e. The maximum Gasteiger partial charge on any atom is 0.254 e. The molecule has 0 amide bonds. The second-order valence-corrected chi connectivity index (χ2v) is 7.26. The van der Waals surface area contributed by atoms with Gasteiger partial charge in [-0.2, -0.15) is 4.98 Å². The molecule has 17 heavy (non-hydrogen) atoms. The number of sulfone groups is 1. The Morgan fingerprint density at radius 1 is 1.35 bits per heavy atom. The first-order valence-corrected chi connectivity index (χ1v) is 7.27. The van der Waals surface area contributed by atoms with Crippen molar-refractivity contribution >= 4 is 15.4 Å². The van der Waals surface area contributed by atoms with Crippen molar-refractivity contribution in [2.24, 2.45) is 0 Å². The van der Waals surface area contributed by atoms with Gasteiger partial charge in [0.15, 0.2) is 15.7 Å². The lowest BCUT2D eigenvalue weighted by atomic mass is 9.96. The molecule has 0 fully saturated rings. The first-order valence-electron chi connectivity index (χ1n) is 5.56. The Morgan fingerprint density at radius 2 is 2.06 bits per heavy atom. The van der Waals surface area contributed by atoms with Crippen LogP contribution in [-0.4, -0.2) is 24.3 Å². The molecule has 0 unspecified atom stereocenters. The van der Waals surface area contributed by atoms with Crippen LogP contribution in [0, 0.1) is 0 Å². The summed E-state index contributed by atoms with van der Waals surface area (Å²) in [6.45, 7) is 5.94. The highest BCUT2D eigenvalue weighted by molar-refractivity contribution is 7.94.